The maximum Gasteiger partial charge on any atom is 0.237 e. The fourth-order valence-corrected chi connectivity index (χ4v) is 1.07. The fourth-order valence-electron chi connectivity index (χ4n) is 1.07. The Labute approximate surface area is 84.4 Å². The molecule has 82 valence electrons. The maximum atomic E-state index is 11.5. The Morgan fingerprint density at radius 1 is 1.43 bits per heavy atom. The summed E-state index contributed by atoms with van der Waals surface area (Å²) >= 11 is 0. The molecular formula is C9H19N3O2. The molecule has 0 aromatic carbocycles. The zero-order chi connectivity index (χ0) is 11.1. The number of rotatable bonds is 6. The Morgan fingerprint density at radius 2 is 2.00 bits per heavy atom. The number of nitrogens with two attached hydrogens (primary N) is 2. The first-order valence-electron chi connectivity index (χ1n) is 4.79. The Bertz CT molecular complexity index is 204. The molecule has 0 aromatic rings. The van der Waals surface area contributed by atoms with Crippen LogP contribution in [0.25, 0.3) is 0 Å². The lowest BCUT2D eigenvalue weighted by atomic mass is 10.2. The highest BCUT2D eigenvalue weighted by molar-refractivity contribution is 5.83. The van der Waals surface area contributed by atoms with E-state index in [1.165, 1.54) is 4.90 Å². The third-order valence-corrected chi connectivity index (χ3v) is 1.89. The van der Waals surface area contributed by atoms with Gasteiger partial charge >= 0.3 is 0 Å². The van der Waals surface area contributed by atoms with E-state index in [-0.39, 0.29) is 18.5 Å². The van der Waals surface area contributed by atoms with E-state index in [9.17, 15) is 9.59 Å². The van der Waals surface area contributed by atoms with Crippen molar-refractivity contribution in [1.82, 2.24) is 4.90 Å². The zero-order valence-corrected chi connectivity index (χ0v) is 8.82. The summed E-state index contributed by atoms with van der Waals surface area (Å²) in [5.41, 5.74) is 10.5. The number of nitrogens with zero attached hydrogens (tertiary/aromatic N) is 1. The van der Waals surface area contributed by atoms with Gasteiger partial charge in [-0.3, -0.25) is 9.59 Å². The van der Waals surface area contributed by atoms with Crippen molar-refractivity contribution in [3.8, 4) is 0 Å². The van der Waals surface area contributed by atoms with E-state index in [1.807, 2.05) is 13.8 Å². The SMILES string of the molecule is CCN(CC(N)=O)C(=O)CCC(C)N. The fraction of sp³-hybridized carbons (Fsp3) is 0.778. The molecule has 0 radical (unpaired) electrons. The molecule has 0 aliphatic rings. The Hall–Kier alpha value is -1.10. The summed E-state index contributed by atoms with van der Waals surface area (Å²) < 4.78 is 0. The van der Waals surface area contributed by atoms with Crippen LogP contribution in [0.5, 0.6) is 0 Å². The zero-order valence-electron chi connectivity index (χ0n) is 8.82. The normalized spacial score (nSPS) is 12.2. The Kier molecular flexibility index (Phi) is 5.87. The van der Waals surface area contributed by atoms with E-state index in [4.69, 9.17) is 11.5 Å². The molecule has 0 saturated carbocycles. The van der Waals surface area contributed by atoms with E-state index in [0.717, 1.165) is 0 Å². The molecule has 0 saturated heterocycles. The summed E-state index contributed by atoms with van der Waals surface area (Å²) in [7, 11) is 0. The van der Waals surface area contributed by atoms with Gasteiger partial charge in [-0.1, -0.05) is 0 Å². The lowest BCUT2D eigenvalue weighted by molar-refractivity contribution is -0.135. The Morgan fingerprint density at radius 3 is 2.36 bits per heavy atom. The van der Waals surface area contributed by atoms with E-state index in [2.05, 4.69) is 0 Å². The van der Waals surface area contributed by atoms with E-state index >= 15 is 0 Å². The molecule has 2 amide bonds. The summed E-state index contributed by atoms with van der Waals surface area (Å²) in [6.45, 7) is 4.15. The van der Waals surface area contributed by atoms with Crippen molar-refractivity contribution in [2.45, 2.75) is 32.7 Å². The van der Waals surface area contributed by atoms with Crippen molar-refractivity contribution in [3.63, 3.8) is 0 Å². The predicted molar refractivity (Wildman–Crippen MR) is 54.3 cm³/mol. The summed E-state index contributed by atoms with van der Waals surface area (Å²) in [5.74, 6) is -0.551. The van der Waals surface area contributed by atoms with Gasteiger partial charge in [0.15, 0.2) is 0 Å². The predicted octanol–water partition coefficient (Wildman–Crippen LogP) is -0.552. The van der Waals surface area contributed by atoms with Gasteiger partial charge in [-0.05, 0) is 20.3 Å². The average Bonchev–Trinajstić information content (AvgIpc) is 2.09. The molecular weight excluding hydrogens is 182 g/mol. The number of primary amides is 1. The van der Waals surface area contributed by atoms with Crippen LogP contribution in [0.1, 0.15) is 26.7 Å². The number of carbonyl (C=O) groups excluding carboxylic acids is 2. The number of amides is 2. The van der Waals surface area contributed by atoms with Gasteiger partial charge in [0, 0.05) is 19.0 Å². The van der Waals surface area contributed by atoms with Crippen LogP contribution in [0.4, 0.5) is 0 Å². The van der Waals surface area contributed by atoms with Gasteiger partial charge in [-0.25, -0.2) is 0 Å². The largest absolute Gasteiger partial charge is 0.368 e. The average molecular weight is 201 g/mol. The summed E-state index contributed by atoms with van der Waals surface area (Å²) in [6, 6.07) is 0.00577. The van der Waals surface area contributed by atoms with E-state index < -0.39 is 5.91 Å². The minimum absolute atomic E-state index is 0.00567. The van der Waals surface area contributed by atoms with Crippen molar-refractivity contribution in [2.24, 2.45) is 11.5 Å². The molecule has 0 fully saturated rings. The maximum absolute atomic E-state index is 11.5. The minimum atomic E-state index is -0.485. The molecule has 0 heterocycles. The lowest BCUT2D eigenvalue weighted by Gasteiger charge is -2.19. The third-order valence-electron chi connectivity index (χ3n) is 1.89. The molecule has 0 aliphatic carbocycles. The molecule has 0 aliphatic heterocycles. The van der Waals surface area contributed by atoms with Crippen LogP contribution in [-0.4, -0.2) is 35.8 Å². The van der Waals surface area contributed by atoms with Crippen molar-refractivity contribution in [2.75, 3.05) is 13.1 Å². The highest BCUT2D eigenvalue weighted by Crippen LogP contribution is 1.99. The molecule has 4 N–H and O–H groups in total. The van der Waals surface area contributed by atoms with Crippen LogP contribution < -0.4 is 11.5 Å². The second kappa shape index (κ2) is 6.37. The molecule has 0 bridgehead atoms. The second-order valence-corrected chi connectivity index (χ2v) is 3.39. The molecule has 5 heteroatoms. The number of likely N-dealkylation sites (N-methyl/N-ethyl adjacent to an activating group) is 1. The van der Waals surface area contributed by atoms with Crippen LogP contribution in [0.15, 0.2) is 0 Å². The van der Waals surface area contributed by atoms with Crippen molar-refractivity contribution in [1.29, 1.82) is 0 Å². The monoisotopic (exact) mass is 201 g/mol. The first-order chi connectivity index (χ1) is 6.47. The molecule has 14 heavy (non-hydrogen) atoms. The smallest absolute Gasteiger partial charge is 0.237 e. The molecule has 0 aromatic heterocycles. The molecule has 1 unspecified atom stereocenters. The van der Waals surface area contributed by atoms with Crippen molar-refractivity contribution >= 4 is 11.8 Å². The van der Waals surface area contributed by atoms with Crippen LogP contribution in [0, 0.1) is 0 Å². The number of hydrogen-bond acceptors (Lipinski definition) is 3. The third kappa shape index (κ3) is 5.53. The van der Waals surface area contributed by atoms with Crippen LogP contribution in [0.3, 0.4) is 0 Å². The number of hydrogen-bond donors (Lipinski definition) is 2. The summed E-state index contributed by atoms with van der Waals surface area (Å²) in [6.07, 6.45) is 1.01. The van der Waals surface area contributed by atoms with Gasteiger partial charge in [0.25, 0.3) is 0 Å². The van der Waals surface area contributed by atoms with E-state index in [0.29, 0.717) is 19.4 Å². The first-order valence-corrected chi connectivity index (χ1v) is 4.79. The topological polar surface area (TPSA) is 89.4 Å². The van der Waals surface area contributed by atoms with Gasteiger partial charge in [0.05, 0.1) is 6.54 Å². The standard InChI is InChI=1S/C9H19N3O2/c1-3-12(6-8(11)13)9(14)5-4-7(2)10/h7H,3-6,10H2,1-2H3,(H2,11,13). The molecule has 1 atom stereocenters. The Balaban J connectivity index is 3.98. The van der Waals surface area contributed by atoms with Crippen LogP contribution >= 0.6 is 0 Å². The van der Waals surface area contributed by atoms with Gasteiger partial charge < -0.3 is 16.4 Å². The summed E-state index contributed by atoms with van der Waals surface area (Å²) in [5, 5.41) is 0. The summed E-state index contributed by atoms with van der Waals surface area (Å²) in [4.78, 5) is 23.5. The van der Waals surface area contributed by atoms with Gasteiger partial charge in [-0.15, -0.1) is 0 Å². The van der Waals surface area contributed by atoms with Crippen LogP contribution in [0.2, 0.25) is 0 Å². The first kappa shape index (κ1) is 12.9. The van der Waals surface area contributed by atoms with Crippen molar-refractivity contribution in [3.05, 3.63) is 0 Å². The van der Waals surface area contributed by atoms with Crippen molar-refractivity contribution < 1.29 is 9.59 Å². The highest BCUT2D eigenvalue weighted by atomic mass is 16.2. The lowest BCUT2D eigenvalue weighted by Crippen LogP contribution is -2.38. The van der Waals surface area contributed by atoms with Crippen LogP contribution in [-0.2, 0) is 9.59 Å². The van der Waals surface area contributed by atoms with Gasteiger partial charge in [0.1, 0.15) is 0 Å². The quantitative estimate of drug-likeness (QED) is 0.604. The molecule has 5 nitrogen and oxygen atoms in total. The van der Waals surface area contributed by atoms with Gasteiger partial charge in [-0.2, -0.15) is 0 Å². The number of carbonyl (C=O) groups is 2. The molecule has 0 rings (SSSR count). The minimum Gasteiger partial charge on any atom is -0.368 e. The molecule has 0 spiro atoms. The highest BCUT2D eigenvalue weighted by Gasteiger charge is 2.13. The van der Waals surface area contributed by atoms with E-state index in [1.54, 1.807) is 0 Å². The van der Waals surface area contributed by atoms with Gasteiger partial charge in [0.2, 0.25) is 11.8 Å². The second-order valence-electron chi connectivity index (χ2n) is 3.39.